The number of rotatable bonds is 5. The van der Waals surface area contributed by atoms with E-state index in [1.54, 1.807) is 13.8 Å². The van der Waals surface area contributed by atoms with Crippen molar-refractivity contribution in [1.82, 2.24) is 5.32 Å². The van der Waals surface area contributed by atoms with Crippen LogP contribution in [-0.2, 0) is 18.9 Å². The Labute approximate surface area is 187 Å². The van der Waals surface area contributed by atoms with Gasteiger partial charge in [-0.05, 0) is 20.3 Å². The molecule has 0 bridgehead atoms. The molecule has 8 nitrogen and oxygen atoms in total. The number of hydrogen-bond acceptors (Lipinski definition) is 7. The summed E-state index contributed by atoms with van der Waals surface area (Å²) in [6, 6.07) is 0.687. The SMILES string of the molecule is CC1(C)OC[C@H]2O[C@H](O)[C@](CC[Si](C)(C)C)(NC(=O)OCC(Cl)(Cl)Cl)[C@@H](O)[C@@H]2O1. The molecular formula is C17H30Cl3NO7Si. The number of aliphatic hydroxyl groups excluding tert-OH is 2. The molecule has 0 radical (unpaired) electrons. The Morgan fingerprint density at radius 2 is 1.90 bits per heavy atom. The lowest BCUT2D eigenvalue weighted by Gasteiger charge is -2.54. The molecule has 0 aliphatic carbocycles. The van der Waals surface area contributed by atoms with E-state index in [0.29, 0.717) is 6.04 Å². The van der Waals surface area contributed by atoms with E-state index in [2.05, 4.69) is 25.0 Å². The number of alkyl carbamates (subject to hydrolysis) is 1. The van der Waals surface area contributed by atoms with Gasteiger partial charge in [0.05, 0.1) is 6.61 Å². The minimum absolute atomic E-state index is 0.133. The average molecular weight is 495 g/mol. The van der Waals surface area contributed by atoms with Gasteiger partial charge in [0.15, 0.2) is 12.1 Å². The Bertz CT molecular complexity index is 599. The number of ether oxygens (including phenoxy) is 4. The molecule has 2 saturated heterocycles. The Balaban J connectivity index is 2.28. The third-order valence-corrected chi connectivity index (χ3v) is 7.03. The fourth-order valence-electron chi connectivity index (χ4n) is 3.35. The second kappa shape index (κ2) is 8.95. The maximum Gasteiger partial charge on any atom is 0.407 e. The smallest absolute Gasteiger partial charge is 0.407 e. The van der Waals surface area contributed by atoms with Gasteiger partial charge in [0.1, 0.15) is 30.5 Å². The van der Waals surface area contributed by atoms with Gasteiger partial charge in [0, 0.05) is 8.07 Å². The number of carbonyl (C=O) groups is 1. The summed E-state index contributed by atoms with van der Waals surface area (Å²) in [5, 5.41) is 24.6. The van der Waals surface area contributed by atoms with Crippen molar-refractivity contribution in [3.05, 3.63) is 0 Å². The second-order valence-corrected chi connectivity index (χ2v) is 17.3. The third kappa shape index (κ3) is 6.82. The van der Waals surface area contributed by atoms with E-state index >= 15 is 0 Å². The predicted octanol–water partition coefficient (Wildman–Crippen LogP) is 2.78. The van der Waals surface area contributed by atoms with Gasteiger partial charge in [0.2, 0.25) is 3.79 Å². The Kier molecular flexibility index (Phi) is 7.85. The van der Waals surface area contributed by atoms with Gasteiger partial charge >= 0.3 is 6.09 Å². The zero-order valence-electron chi connectivity index (χ0n) is 17.2. The molecule has 0 aromatic carbocycles. The molecule has 2 aliphatic rings. The van der Waals surface area contributed by atoms with Gasteiger partial charge in [-0.2, -0.15) is 0 Å². The highest BCUT2D eigenvalue weighted by molar-refractivity contribution is 6.76. The number of amides is 1. The molecule has 1 amide bonds. The molecular weight excluding hydrogens is 465 g/mol. The molecule has 2 rings (SSSR count). The Hall–Kier alpha value is 0.157. The highest BCUT2D eigenvalue weighted by Gasteiger charge is 2.59. The predicted molar refractivity (Wildman–Crippen MR) is 112 cm³/mol. The summed E-state index contributed by atoms with van der Waals surface area (Å²) < 4.78 is 20.3. The number of hydrogen-bond donors (Lipinski definition) is 3. The van der Waals surface area contributed by atoms with Crippen LogP contribution in [0.1, 0.15) is 20.3 Å². The first kappa shape index (κ1) is 25.4. The molecule has 0 saturated carbocycles. The molecule has 2 fully saturated rings. The van der Waals surface area contributed by atoms with E-state index in [4.69, 9.17) is 53.8 Å². The van der Waals surface area contributed by atoms with Gasteiger partial charge in [-0.1, -0.05) is 60.5 Å². The van der Waals surface area contributed by atoms with E-state index in [-0.39, 0.29) is 13.0 Å². The monoisotopic (exact) mass is 493 g/mol. The summed E-state index contributed by atoms with van der Waals surface area (Å²) in [5.41, 5.74) is -1.56. The van der Waals surface area contributed by atoms with Crippen LogP contribution in [0.2, 0.25) is 25.7 Å². The average Bonchev–Trinajstić information content (AvgIpc) is 2.55. The molecule has 29 heavy (non-hydrogen) atoms. The van der Waals surface area contributed by atoms with Gasteiger partial charge in [-0.15, -0.1) is 0 Å². The molecule has 5 atom stereocenters. The quantitative estimate of drug-likeness (QED) is 0.398. The van der Waals surface area contributed by atoms with Crippen molar-refractivity contribution in [1.29, 1.82) is 0 Å². The maximum atomic E-state index is 12.4. The first-order chi connectivity index (χ1) is 13.0. The Morgan fingerprint density at radius 3 is 2.45 bits per heavy atom. The van der Waals surface area contributed by atoms with Gasteiger partial charge in [0.25, 0.3) is 0 Å². The standard InChI is InChI=1S/C17H30Cl3NO7Si/c1-15(2)26-8-10-11(28-15)12(22)16(13(23)27-10,6-7-29(3,4)5)21-14(24)25-9-17(18,19)20/h10-13,22-23H,6-9H2,1-5H3,(H,21,24)/t10-,11-,12+,13+,16-/m1/s1. The molecule has 0 aromatic rings. The fraction of sp³-hybridized carbons (Fsp3) is 0.941. The van der Waals surface area contributed by atoms with Crippen LogP contribution in [0.5, 0.6) is 0 Å². The van der Waals surface area contributed by atoms with Crippen molar-refractivity contribution in [3.63, 3.8) is 0 Å². The molecule has 0 aromatic heterocycles. The lowest BCUT2D eigenvalue weighted by molar-refractivity contribution is -0.377. The van der Waals surface area contributed by atoms with Crippen molar-refractivity contribution in [2.45, 2.75) is 85.7 Å². The lowest BCUT2D eigenvalue weighted by Crippen LogP contribution is -2.75. The minimum atomic E-state index is -1.79. The van der Waals surface area contributed by atoms with Crippen LogP contribution in [-0.4, -0.2) is 77.3 Å². The summed E-state index contributed by atoms with van der Waals surface area (Å²) in [6.45, 7) is 9.49. The zero-order valence-corrected chi connectivity index (χ0v) is 20.5. The second-order valence-electron chi connectivity index (χ2n) is 9.18. The number of aliphatic hydroxyl groups is 2. The molecule has 170 valence electrons. The van der Waals surface area contributed by atoms with E-state index < -0.39 is 60.5 Å². The third-order valence-electron chi connectivity index (χ3n) is 4.96. The van der Waals surface area contributed by atoms with Crippen LogP contribution in [0, 0.1) is 0 Å². The van der Waals surface area contributed by atoms with Crippen molar-refractivity contribution >= 4 is 49.0 Å². The van der Waals surface area contributed by atoms with E-state index in [1.165, 1.54) is 0 Å². The number of fused-ring (bicyclic) bond motifs is 1. The van der Waals surface area contributed by atoms with Crippen LogP contribution in [0.4, 0.5) is 4.79 Å². The first-order valence-corrected chi connectivity index (χ1v) is 14.2. The highest BCUT2D eigenvalue weighted by Crippen LogP contribution is 2.40. The summed E-state index contributed by atoms with van der Waals surface area (Å²) in [7, 11) is -1.62. The van der Waals surface area contributed by atoms with Crippen LogP contribution in [0.15, 0.2) is 0 Å². The van der Waals surface area contributed by atoms with Crippen LogP contribution in [0.25, 0.3) is 0 Å². The number of halogens is 3. The Morgan fingerprint density at radius 1 is 1.28 bits per heavy atom. The van der Waals surface area contributed by atoms with Crippen molar-refractivity contribution in [2.75, 3.05) is 13.2 Å². The van der Waals surface area contributed by atoms with Crippen LogP contribution < -0.4 is 5.32 Å². The topological polar surface area (TPSA) is 106 Å². The molecule has 2 heterocycles. The fourth-order valence-corrected chi connectivity index (χ4v) is 4.68. The van der Waals surface area contributed by atoms with Crippen molar-refractivity contribution in [2.24, 2.45) is 0 Å². The van der Waals surface area contributed by atoms with E-state index in [0.717, 1.165) is 0 Å². The highest BCUT2D eigenvalue weighted by atomic mass is 35.6. The van der Waals surface area contributed by atoms with Gasteiger partial charge < -0.3 is 34.5 Å². The van der Waals surface area contributed by atoms with E-state index in [1.807, 2.05) is 0 Å². The molecule has 0 spiro atoms. The number of carbonyl (C=O) groups excluding carboxylic acids is 1. The van der Waals surface area contributed by atoms with Gasteiger partial charge in [-0.3, -0.25) is 0 Å². The van der Waals surface area contributed by atoms with Crippen molar-refractivity contribution < 1.29 is 34.0 Å². The minimum Gasteiger partial charge on any atom is -0.445 e. The largest absolute Gasteiger partial charge is 0.445 e. The molecule has 0 unspecified atom stereocenters. The summed E-state index contributed by atoms with van der Waals surface area (Å²) >= 11 is 16.9. The zero-order chi connectivity index (χ0) is 22.3. The molecule has 3 N–H and O–H groups in total. The summed E-state index contributed by atoms with van der Waals surface area (Å²) in [5.74, 6) is -0.950. The molecule has 12 heteroatoms. The summed E-state index contributed by atoms with van der Waals surface area (Å²) in [4.78, 5) is 12.4. The first-order valence-electron chi connectivity index (χ1n) is 9.40. The van der Waals surface area contributed by atoms with E-state index in [9.17, 15) is 15.0 Å². The normalized spacial score (nSPS) is 35.0. The van der Waals surface area contributed by atoms with Crippen LogP contribution >= 0.6 is 34.8 Å². The number of alkyl halides is 3. The summed E-state index contributed by atoms with van der Waals surface area (Å²) in [6.07, 6.45) is -5.00. The molecule has 2 aliphatic heterocycles. The van der Waals surface area contributed by atoms with Crippen molar-refractivity contribution in [3.8, 4) is 0 Å². The lowest BCUT2D eigenvalue weighted by atomic mass is 9.80. The number of nitrogens with one attached hydrogen (secondary N) is 1. The van der Waals surface area contributed by atoms with Gasteiger partial charge in [-0.25, -0.2) is 4.79 Å². The van der Waals surface area contributed by atoms with Crippen LogP contribution in [0.3, 0.4) is 0 Å². The maximum absolute atomic E-state index is 12.4.